The number of hydrogen-bond acceptors (Lipinski definition) is 2. The molecule has 0 spiro atoms. The van der Waals surface area contributed by atoms with Crippen molar-refractivity contribution in [3.05, 3.63) is 23.2 Å². The van der Waals surface area contributed by atoms with Gasteiger partial charge in [0.05, 0.1) is 5.60 Å². The lowest BCUT2D eigenvalue weighted by Crippen LogP contribution is -2.44. The molecule has 4 heteroatoms. The summed E-state index contributed by atoms with van der Waals surface area (Å²) in [6.45, 7) is 10.3. The summed E-state index contributed by atoms with van der Waals surface area (Å²) in [4.78, 5) is 13.0. The summed E-state index contributed by atoms with van der Waals surface area (Å²) in [5.41, 5.74) is -0.385. The maximum absolute atomic E-state index is 11.2. The van der Waals surface area contributed by atoms with Crippen LogP contribution >= 0.6 is 15.9 Å². The molecule has 0 aliphatic heterocycles. The molecule has 0 aromatic carbocycles. The fourth-order valence-corrected chi connectivity index (χ4v) is 5.44. The summed E-state index contributed by atoms with van der Waals surface area (Å²) in [6.07, 6.45) is 6.36. The van der Waals surface area contributed by atoms with E-state index in [1.807, 2.05) is 17.1 Å². The van der Waals surface area contributed by atoms with E-state index < -0.39 is 8.32 Å². The van der Waals surface area contributed by atoms with Crippen LogP contribution in [0.25, 0.3) is 0 Å². The van der Waals surface area contributed by atoms with E-state index in [2.05, 4.69) is 43.6 Å². The highest BCUT2D eigenvalue weighted by atomic mass is 79.9. The molecule has 0 aliphatic carbocycles. The lowest BCUT2D eigenvalue weighted by molar-refractivity contribution is -0.112. The van der Waals surface area contributed by atoms with Gasteiger partial charge in [-0.2, -0.15) is 0 Å². The fraction of sp³-hybridized carbons (Fsp3) is 0.667. The van der Waals surface area contributed by atoms with Crippen molar-refractivity contribution in [1.82, 2.24) is 0 Å². The smallest absolute Gasteiger partial charge is 0.193 e. The Morgan fingerprint density at radius 2 is 1.79 bits per heavy atom. The Morgan fingerprint density at radius 3 is 2.16 bits per heavy atom. The van der Waals surface area contributed by atoms with Crippen LogP contribution in [0.15, 0.2) is 23.2 Å². The summed E-state index contributed by atoms with van der Waals surface area (Å²) in [6, 6.07) is 3.34. The third-order valence-electron chi connectivity index (χ3n) is 3.67. The molecule has 0 aromatic rings. The van der Waals surface area contributed by atoms with E-state index in [0.29, 0.717) is 0 Å². The molecule has 0 N–H and O–H groups in total. The minimum atomic E-state index is -1.69. The SMILES string of the molecule is CC[Si](CC)(CC)O[C@](C)(/C=C/C(C)=O)C/C=C/Br. The molecule has 0 saturated heterocycles. The molecule has 0 unspecified atom stereocenters. The van der Waals surface area contributed by atoms with Crippen LogP contribution in [-0.2, 0) is 9.22 Å². The van der Waals surface area contributed by atoms with Crippen molar-refractivity contribution in [2.75, 3.05) is 0 Å². The fourth-order valence-electron chi connectivity index (χ4n) is 2.18. The number of allylic oxidation sites excluding steroid dienone is 1. The molecule has 0 aliphatic rings. The van der Waals surface area contributed by atoms with Gasteiger partial charge in [0.25, 0.3) is 0 Å². The number of carbonyl (C=O) groups is 1. The van der Waals surface area contributed by atoms with Crippen LogP contribution in [0.4, 0.5) is 0 Å². The standard InChI is InChI=1S/C15H27BrO2Si/c1-6-19(7-2,8-3)18-15(5,11-9-13-16)12-10-14(4)17/h9-10,12-13H,6-8,11H2,1-5H3/b12-10+,13-9+/t15-/m0/s1. The van der Waals surface area contributed by atoms with Crippen molar-refractivity contribution in [3.63, 3.8) is 0 Å². The summed E-state index contributed by atoms with van der Waals surface area (Å²) in [5, 5.41) is 0. The summed E-state index contributed by atoms with van der Waals surface area (Å²) in [5.74, 6) is 0.0643. The normalized spacial score (nSPS) is 16.1. The van der Waals surface area contributed by atoms with Gasteiger partial charge in [-0.05, 0) is 49.5 Å². The topological polar surface area (TPSA) is 26.3 Å². The number of halogens is 1. The second kappa shape index (κ2) is 8.87. The second-order valence-corrected chi connectivity index (χ2v) is 10.4. The Balaban J connectivity index is 5.18. The molecule has 110 valence electrons. The molecule has 0 bridgehead atoms. The zero-order valence-corrected chi connectivity index (χ0v) is 15.4. The first kappa shape index (κ1) is 18.8. The van der Waals surface area contributed by atoms with E-state index in [4.69, 9.17) is 4.43 Å². The average molecular weight is 347 g/mol. The van der Waals surface area contributed by atoms with Gasteiger partial charge in [-0.25, -0.2) is 0 Å². The van der Waals surface area contributed by atoms with Crippen LogP contribution in [0, 0.1) is 0 Å². The van der Waals surface area contributed by atoms with Gasteiger partial charge in [0.2, 0.25) is 0 Å². The highest BCUT2D eigenvalue weighted by Crippen LogP contribution is 2.31. The van der Waals surface area contributed by atoms with Crippen LogP contribution in [0.3, 0.4) is 0 Å². The Hall–Kier alpha value is -0.193. The minimum absolute atomic E-state index is 0.0643. The maximum atomic E-state index is 11.2. The lowest BCUT2D eigenvalue weighted by atomic mass is 10.0. The maximum Gasteiger partial charge on any atom is 0.193 e. The second-order valence-electron chi connectivity index (χ2n) is 5.17. The van der Waals surface area contributed by atoms with Gasteiger partial charge in [0.15, 0.2) is 14.1 Å². The van der Waals surface area contributed by atoms with Crippen molar-refractivity contribution < 1.29 is 9.22 Å². The lowest BCUT2D eigenvalue weighted by Gasteiger charge is -2.38. The van der Waals surface area contributed by atoms with E-state index in [1.54, 1.807) is 13.0 Å². The van der Waals surface area contributed by atoms with Crippen LogP contribution < -0.4 is 0 Å². The Bertz CT molecular complexity index is 327. The van der Waals surface area contributed by atoms with Crippen LogP contribution in [-0.4, -0.2) is 19.7 Å². The van der Waals surface area contributed by atoms with Gasteiger partial charge < -0.3 is 4.43 Å². The van der Waals surface area contributed by atoms with Crippen molar-refractivity contribution in [1.29, 1.82) is 0 Å². The average Bonchev–Trinajstić information content (AvgIpc) is 2.41. The van der Waals surface area contributed by atoms with Crippen molar-refractivity contribution in [2.45, 2.75) is 64.8 Å². The predicted octanol–water partition coefficient (Wildman–Crippen LogP) is 5.21. The third-order valence-corrected chi connectivity index (χ3v) is 8.80. The largest absolute Gasteiger partial charge is 0.408 e. The van der Waals surface area contributed by atoms with Crippen LogP contribution in [0.5, 0.6) is 0 Å². The molecule has 0 fully saturated rings. The first-order chi connectivity index (χ1) is 8.87. The molecule has 0 amide bonds. The summed E-state index contributed by atoms with van der Waals surface area (Å²) >= 11 is 3.30. The number of ketones is 1. The summed E-state index contributed by atoms with van der Waals surface area (Å²) in [7, 11) is -1.69. The minimum Gasteiger partial charge on any atom is -0.408 e. The molecule has 19 heavy (non-hydrogen) atoms. The molecule has 1 atom stereocenters. The van der Waals surface area contributed by atoms with Crippen molar-refractivity contribution >= 4 is 30.0 Å². The van der Waals surface area contributed by atoms with Gasteiger partial charge >= 0.3 is 0 Å². The zero-order chi connectivity index (χ0) is 14.9. The Kier molecular flexibility index (Phi) is 8.78. The summed E-state index contributed by atoms with van der Waals surface area (Å²) < 4.78 is 6.55. The van der Waals surface area contributed by atoms with Crippen molar-refractivity contribution in [3.8, 4) is 0 Å². The number of hydrogen-bond donors (Lipinski definition) is 0. The number of rotatable bonds is 9. The first-order valence-corrected chi connectivity index (χ1v) is 10.5. The highest BCUT2D eigenvalue weighted by molar-refractivity contribution is 9.11. The third kappa shape index (κ3) is 6.68. The quantitative estimate of drug-likeness (QED) is 0.423. The van der Waals surface area contributed by atoms with Gasteiger partial charge in [0, 0.05) is 0 Å². The van der Waals surface area contributed by atoms with E-state index in [9.17, 15) is 4.79 Å². The monoisotopic (exact) mass is 346 g/mol. The number of carbonyl (C=O) groups excluding carboxylic acids is 1. The first-order valence-electron chi connectivity index (χ1n) is 7.02. The molecule has 2 nitrogen and oxygen atoms in total. The van der Waals surface area contributed by atoms with Crippen LogP contribution in [0.1, 0.15) is 41.0 Å². The van der Waals surface area contributed by atoms with Crippen molar-refractivity contribution in [2.24, 2.45) is 0 Å². The zero-order valence-electron chi connectivity index (χ0n) is 12.8. The van der Waals surface area contributed by atoms with E-state index in [0.717, 1.165) is 24.6 Å². The molecule has 0 radical (unpaired) electrons. The van der Waals surface area contributed by atoms with Gasteiger partial charge in [0.1, 0.15) is 0 Å². The molecule has 0 aromatic heterocycles. The molecule has 0 rings (SSSR count). The van der Waals surface area contributed by atoms with Crippen LogP contribution in [0.2, 0.25) is 18.1 Å². The van der Waals surface area contributed by atoms with Gasteiger partial charge in [-0.1, -0.05) is 48.9 Å². The van der Waals surface area contributed by atoms with E-state index >= 15 is 0 Å². The van der Waals surface area contributed by atoms with E-state index in [-0.39, 0.29) is 11.4 Å². The molecule has 0 saturated carbocycles. The molecular weight excluding hydrogens is 320 g/mol. The highest BCUT2D eigenvalue weighted by Gasteiger charge is 2.36. The molecular formula is C15H27BrO2Si. The van der Waals surface area contributed by atoms with Gasteiger partial charge in [-0.3, -0.25) is 4.79 Å². The Morgan fingerprint density at radius 1 is 1.26 bits per heavy atom. The van der Waals surface area contributed by atoms with E-state index in [1.165, 1.54) is 0 Å². The van der Waals surface area contributed by atoms with Gasteiger partial charge in [-0.15, -0.1) is 0 Å². The predicted molar refractivity (Wildman–Crippen MR) is 89.2 cm³/mol. The Labute approximate surface area is 127 Å². The molecule has 0 heterocycles.